The lowest BCUT2D eigenvalue weighted by atomic mass is 10.1. The highest BCUT2D eigenvalue weighted by Crippen LogP contribution is 2.25. The zero-order valence-corrected chi connectivity index (χ0v) is 10.8. The van der Waals surface area contributed by atoms with E-state index in [9.17, 15) is 0 Å². The summed E-state index contributed by atoms with van der Waals surface area (Å²) in [7, 11) is 0. The second-order valence-electron chi connectivity index (χ2n) is 4.65. The fraction of sp³-hybridized carbons (Fsp3) is 0.571. The summed E-state index contributed by atoms with van der Waals surface area (Å²) >= 11 is 0. The van der Waals surface area contributed by atoms with Crippen molar-refractivity contribution < 1.29 is 4.74 Å². The Labute approximate surface area is 98.8 Å². The molecule has 0 heterocycles. The topological polar surface area (TPSA) is 35.2 Å². The van der Waals surface area contributed by atoms with E-state index in [0.29, 0.717) is 5.92 Å². The molecule has 1 aromatic rings. The molecule has 0 aliphatic heterocycles. The minimum absolute atomic E-state index is 0.0209. The average molecular weight is 221 g/mol. The van der Waals surface area contributed by atoms with Gasteiger partial charge >= 0.3 is 0 Å². The molecule has 16 heavy (non-hydrogen) atoms. The summed E-state index contributed by atoms with van der Waals surface area (Å²) < 4.78 is 5.85. The second kappa shape index (κ2) is 5.90. The molecule has 90 valence electrons. The van der Waals surface area contributed by atoms with Crippen LogP contribution in [0.1, 0.15) is 44.4 Å². The summed E-state index contributed by atoms with van der Waals surface area (Å²) in [6, 6.07) is 6.23. The van der Waals surface area contributed by atoms with Gasteiger partial charge in [-0.3, -0.25) is 0 Å². The molecule has 0 radical (unpaired) electrons. The van der Waals surface area contributed by atoms with Crippen LogP contribution in [0.3, 0.4) is 0 Å². The molecular weight excluding hydrogens is 198 g/mol. The molecule has 2 atom stereocenters. The number of rotatable bonds is 5. The van der Waals surface area contributed by atoms with E-state index in [4.69, 9.17) is 10.5 Å². The van der Waals surface area contributed by atoms with E-state index in [1.54, 1.807) is 0 Å². The maximum atomic E-state index is 5.92. The standard InChI is InChI=1S/C14H23NO/c1-5-10(2)9-16-14-8-11(3)6-7-13(14)12(4)15/h6-8,10,12H,5,9,15H2,1-4H3/t10?,12-/m0/s1. The van der Waals surface area contributed by atoms with Gasteiger partial charge in [-0.15, -0.1) is 0 Å². The first-order chi connectivity index (χ1) is 7.54. The Hall–Kier alpha value is -1.02. The smallest absolute Gasteiger partial charge is 0.124 e. The maximum absolute atomic E-state index is 5.92. The van der Waals surface area contributed by atoms with Crippen molar-refractivity contribution in [3.63, 3.8) is 0 Å². The SMILES string of the molecule is CCC(C)COc1cc(C)ccc1[C@H](C)N. The lowest BCUT2D eigenvalue weighted by Gasteiger charge is -2.17. The number of benzene rings is 1. The molecular formula is C14H23NO. The third-order valence-corrected chi connectivity index (χ3v) is 2.88. The van der Waals surface area contributed by atoms with Crippen molar-refractivity contribution in [1.82, 2.24) is 0 Å². The molecule has 0 amide bonds. The first kappa shape index (κ1) is 13.0. The summed E-state index contributed by atoms with van der Waals surface area (Å²) in [6.45, 7) is 9.19. The molecule has 0 spiro atoms. The Morgan fingerprint density at radius 1 is 1.31 bits per heavy atom. The summed E-state index contributed by atoms with van der Waals surface area (Å²) in [6.07, 6.45) is 1.14. The minimum Gasteiger partial charge on any atom is -0.493 e. The summed E-state index contributed by atoms with van der Waals surface area (Å²) in [5, 5.41) is 0. The third-order valence-electron chi connectivity index (χ3n) is 2.88. The van der Waals surface area contributed by atoms with Crippen LogP contribution < -0.4 is 10.5 Å². The second-order valence-corrected chi connectivity index (χ2v) is 4.65. The summed E-state index contributed by atoms with van der Waals surface area (Å²) in [5.41, 5.74) is 8.23. The molecule has 2 nitrogen and oxygen atoms in total. The van der Waals surface area contributed by atoms with Gasteiger partial charge in [-0.1, -0.05) is 32.4 Å². The number of hydrogen-bond acceptors (Lipinski definition) is 2. The molecule has 0 fully saturated rings. The highest BCUT2D eigenvalue weighted by atomic mass is 16.5. The van der Waals surface area contributed by atoms with E-state index in [1.165, 1.54) is 5.56 Å². The molecule has 1 unspecified atom stereocenters. The van der Waals surface area contributed by atoms with Crippen LogP contribution in [-0.2, 0) is 0 Å². The molecule has 0 aliphatic rings. The van der Waals surface area contributed by atoms with Crippen LogP contribution in [-0.4, -0.2) is 6.61 Å². The average Bonchev–Trinajstić information content (AvgIpc) is 2.25. The quantitative estimate of drug-likeness (QED) is 0.826. The van der Waals surface area contributed by atoms with Crippen molar-refractivity contribution in [1.29, 1.82) is 0 Å². The van der Waals surface area contributed by atoms with E-state index < -0.39 is 0 Å². The molecule has 2 N–H and O–H groups in total. The van der Waals surface area contributed by atoms with Crippen molar-refractivity contribution >= 4 is 0 Å². The lowest BCUT2D eigenvalue weighted by molar-refractivity contribution is 0.253. The van der Waals surface area contributed by atoms with Gasteiger partial charge in [-0.25, -0.2) is 0 Å². The molecule has 1 aromatic carbocycles. The molecule has 0 saturated carbocycles. The van der Waals surface area contributed by atoms with Gasteiger partial charge in [0, 0.05) is 11.6 Å². The largest absolute Gasteiger partial charge is 0.493 e. The van der Waals surface area contributed by atoms with E-state index in [1.807, 2.05) is 6.92 Å². The Kier molecular flexibility index (Phi) is 4.81. The van der Waals surface area contributed by atoms with Gasteiger partial charge in [-0.2, -0.15) is 0 Å². The Morgan fingerprint density at radius 2 is 2.00 bits per heavy atom. The van der Waals surface area contributed by atoms with Gasteiger partial charge < -0.3 is 10.5 Å². The van der Waals surface area contributed by atoms with Crippen molar-refractivity contribution in [2.24, 2.45) is 11.7 Å². The van der Waals surface area contributed by atoms with E-state index in [2.05, 4.69) is 39.0 Å². The predicted octanol–water partition coefficient (Wildman–Crippen LogP) is 3.44. The van der Waals surface area contributed by atoms with Crippen molar-refractivity contribution in [2.75, 3.05) is 6.61 Å². The fourth-order valence-corrected chi connectivity index (χ4v) is 1.49. The van der Waals surface area contributed by atoms with E-state index in [-0.39, 0.29) is 6.04 Å². The normalized spacial score (nSPS) is 14.6. The molecule has 0 aromatic heterocycles. The first-order valence-electron chi connectivity index (χ1n) is 6.03. The summed E-state index contributed by atoms with van der Waals surface area (Å²) in [4.78, 5) is 0. The number of nitrogens with two attached hydrogens (primary N) is 1. The van der Waals surface area contributed by atoms with Crippen LogP contribution in [0.4, 0.5) is 0 Å². The minimum atomic E-state index is 0.0209. The van der Waals surface area contributed by atoms with Crippen LogP contribution in [0.15, 0.2) is 18.2 Å². The molecule has 0 bridgehead atoms. The van der Waals surface area contributed by atoms with Crippen LogP contribution in [0.5, 0.6) is 5.75 Å². The Bertz CT molecular complexity index is 334. The molecule has 0 aliphatic carbocycles. The highest BCUT2D eigenvalue weighted by Gasteiger charge is 2.09. The Balaban J connectivity index is 2.80. The Morgan fingerprint density at radius 3 is 2.56 bits per heavy atom. The van der Waals surface area contributed by atoms with Crippen LogP contribution in [0, 0.1) is 12.8 Å². The van der Waals surface area contributed by atoms with Gasteiger partial charge in [0.15, 0.2) is 0 Å². The van der Waals surface area contributed by atoms with Gasteiger partial charge in [-0.05, 0) is 31.4 Å². The van der Waals surface area contributed by atoms with Gasteiger partial charge in [0.2, 0.25) is 0 Å². The maximum Gasteiger partial charge on any atom is 0.124 e. The van der Waals surface area contributed by atoms with E-state index >= 15 is 0 Å². The molecule has 2 heteroatoms. The number of hydrogen-bond donors (Lipinski definition) is 1. The first-order valence-corrected chi connectivity index (χ1v) is 6.03. The lowest BCUT2D eigenvalue weighted by Crippen LogP contribution is -2.12. The van der Waals surface area contributed by atoms with Crippen LogP contribution >= 0.6 is 0 Å². The number of aryl methyl sites for hydroxylation is 1. The monoisotopic (exact) mass is 221 g/mol. The van der Waals surface area contributed by atoms with Gasteiger partial charge in [0.1, 0.15) is 5.75 Å². The molecule has 0 saturated heterocycles. The van der Waals surface area contributed by atoms with Crippen molar-refractivity contribution in [3.05, 3.63) is 29.3 Å². The van der Waals surface area contributed by atoms with Crippen molar-refractivity contribution in [2.45, 2.75) is 40.2 Å². The van der Waals surface area contributed by atoms with Gasteiger partial charge in [0.05, 0.1) is 6.61 Å². The number of ether oxygens (including phenoxy) is 1. The predicted molar refractivity (Wildman–Crippen MR) is 68.7 cm³/mol. The summed E-state index contributed by atoms with van der Waals surface area (Å²) in [5.74, 6) is 1.52. The zero-order valence-electron chi connectivity index (χ0n) is 10.8. The van der Waals surface area contributed by atoms with Crippen molar-refractivity contribution in [3.8, 4) is 5.75 Å². The van der Waals surface area contributed by atoms with Gasteiger partial charge in [0.25, 0.3) is 0 Å². The van der Waals surface area contributed by atoms with Crippen LogP contribution in [0.25, 0.3) is 0 Å². The fourth-order valence-electron chi connectivity index (χ4n) is 1.49. The zero-order chi connectivity index (χ0) is 12.1. The van der Waals surface area contributed by atoms with Crippen LogP contribution in [0.2, 0.25) is 0 Å². The highest BCUT2D eigenvalue weighted by molar-refractivity contribution is 5.38. The third kappa shape index (κ3) is 3.53. The van der Waals surface area contributed by atoms with E-state index in [0.717, 1.165) is 24.3 Å². The molecule has 1 rings (SSSR count).